The zero-order valence-electron chi connectivity index (χ0n) is 13.7. The number of carbonyl (C=O) groups excluding carboxylic acids is 1. The van der Waals surface area contributed by atoms with Gasteiger partial charge in [-0.2, -0.15) is 4.98 Å². The van der Waals surface area contributed by atoms with Crippen molar-refractivity contribution in [2.24, 2.45) is 0 Å². The highest BCUT2D eigenvalue weighted by Crippen LogP contribution is 2.16. The summed E-state index contributed by atoms with van der Waals surface area (Å²) in [6.07, 6.45) is 0.551. The number of nitrogens with one attached hydrogen (secondary N) is 1. The average molecular weight is 326 g/mol. The number of rotatable bonds is 5. The quantitative estimate of drug-likeness (QED) is 0.773. The molecule has 0 fully saturated rings. The Kier molecular flexibility index (Phi) is 4.41. The fraction of sp³-hybridized carbons (Fsp3) is 0.294. The SMILES string of the molecule is Cc1cc(C(=O)Nc2ccc(Cc3nc(C(C)C)no3)cc2)on1. The Bertz CT molecular complexity index is 834. The van der Waals surface area contributed by atoms with Gasteiger partial charge in [0.15, 0.2) is 5.82 Å². The summed E-state index contributed by atoms with van der Waals surface area (Å²) in [7, 11) is 0. The first kappa shape index (κ1) is 15.9. The van der Waals surface area contributed by atoms with Crippen molar-refractivity contribution in [2.75, 3.05) is 5.32 Å². The van der Waals surface area contributed by atoms with Crippen LogP contribution in [0, 0.1) is 6.92 Å². The van der Waals surface area contributed by atoms with Gasteiger partial charge in [0.1, 0.15) is 0 Å². The van der Waals surface area contributed by atoms with Gasteiger partial charge in [0.25, 0.3) is 5.91 Å². The molecular formula is C17H18N4O3. The van der Waals surface area contributed by atoms with E-state index in [2.05, 4.69) is 20.6 Å². The lowest BCUT2D eigenvalue weighted by molar-refractivity contribution is 0.0988. The molecule has 7 heteroatoms. The van der Waals surface area contributed by atoms with Crippen molar-refractivity contribution in [3.05, 3.63) is 59.1 Å². The van der Waals surface area contributed by atoms with Crippen molar-refractivity contribution in [1.82, 2.24) is 15.3 Å². The smallest absolute Gasteiger partial charge is 0.294 e. The Morgan fingerprint density at radius 2 is 1.92 bits per heavy atom. The number of carbonyl (C=O) groups is 1. The Morgan fingerprint density at radius 3 is 2.50 bits per heavy atom. The maximum Gasteiger partial charge on any atom is 0.294 e. The minimum atomic E-state index is -0.332. The molecule has 7 nitrogen and oxygen atoms in total. The molecule has 0 aliphatic rings. The van der Waals surface area contributed by atoms with Gasteiger partial charge in [-0.15, -0.1) is 0 Å². The molecular weight excluding hydrogens is 308 g/mol. The van der Waals surface area contributed by atoms with Crippen LogP contribution >= 0.6 is 0 Å². The van der Waals surface area contributed by atoms with E-state index in [0.717, 1.165) is 5.56 Å². The van der Waals surface area contributed by atoms with E-state index in [1.807, 2.05) is 38.1 Å². The van der Waals surface area contributed by atoms with Gasteiger partial charge in [0.05, 0.1) is 12.1 Å². The van der Waals surface area contributed by atoms with Crippen LogP contribution < -0.4 is 5.32 Å². The minimum Gasteiger partial charge on any atom is -0.351 e. The van der Waals surface area contributed by atoms with Crippen LogP contribution in [0.25, 0.3) is 0 Å². The third kappa shape index (κ3) is 3.68. The Hall–Kier alpha value is -2.96. The third-order valence-corrected chi connectivity index (χ3v) is 3.42. The maximum absolute atomic E-state index is 12.0. The third-order valence-electron chi connectivity index (χ3n) is 3.42. The summed E-state index contributed by atoms with van der Waals surface area (Å²) in [5.41, 5.74) is 2.35. The number of nitrogens with zero attached hydrogens (tertiary/aromatic N) is 3. The van der Waals surface area contributed by atoms with E-state index in [9.17, 15) is 4.79 Å². The molecule has 0 radical (unpaired) electrons. The normalized spacial score (nSPS) is 11.0. The molecule has 0 aliphatic carbocycles. The molecule has 3 aromatic rings. The molecule has 124 valence electrons. The van der Waals surface area contributed by atoms with Crippen molar-refractivity contribution in [3.8, 4) is 0 Å². The monoisotopic (exact) mass is 326 g/mol. The molecule has 0 aliphatic heterocycles. The number of benzene rings is 1. The fourth-order valence-electron chi connectivity index (χ4n) is 2.12. The van der Waals surface area contributed by atoms with Crippen molar-refractivity contribution in [3.63, 3.8) is 0 Å². The summed E-state index contributed by atoms with van der Waals surface area (Å²) in [6.45, 7) is 5.79. The van der Waals surface area contributed by atoms with Gasteiger partial charge < -0.3 is 14.4 Å². The largest absolute Gasteiger partial charge is 0.351 e. The minimum absolute atomic E-state index is 0.184. The number of hydrogen-bond donors (Lipinski definition) is 1. The van der Waals surface area contributed by atoms with Crippen LogP contribution in [0.5, 0.6) is 0 Å². The summed E-state index contributed by atoms with van der Waals surface area (Å²) < 4.78 is 10.2. The molecule has 2 aromatic heterocycles. The van der Waals surface area contributed by atoms with Gasteiger partial charge in [-0.1, -0.05) is 36.3 Å². The molecule has 1 amide bonds. The zero-order valence-corrected chi connectivity index (χ0v) is 13.7. The van der Waals surface area contributed by atoms with E-state index < -0.39 is 0 Å². The van der Waals surface area contributed by atoms with Crippen LogP contribution in [0.4, 0.5) is 5.69 Å². The second-order valence-electron chi connectivity index (χ2n) is 5.86. The Labute approximate surface area is 139 Å². The van der Waals surface area contributed by atoms with Crippen LogP contribution in [0.15, 0.2) is 39.4 Å². The first-order chi connectivity index (χ1) is 11.5. The molecule has 1 N–H and O–H groups in total. The molecule has 1 aromatic carbocycles. The van der Waals surface area contributed by atoms with Gasteiger partial charge in [0.2, 0.25) is 11.7 Å². The highest BCUT2D eigenvalue weighted by molar-refractivity contribution is 6.02. The van der Waals surface area contributed by atoms with Gasteiger partial charge in [-0.3, -0.25) is 4.79 Å². The molecule has 2 heterocycles. The number of hydrogen-bond acceptors (Lipinski definition) is 6. The zero-order chi connectivity index (χ0) is 17.1. The summed E-state index contributed by atoms with van der Waals surface area (Å²) in [6, 6.07) is 9.03. The van der Waals surface area contributed by atoms with Crippen LogP contribution in [0.3, 0.4) is 0 Å². The molecule has 0 saturated carbocycles. The summed E-state index contributed by atoms with van der Waals surface area (Å²) in [5.74, 6) is 1.37. The van der Waals surface area contributed by atoms with Gasteiger partial charge in [0, 0.05) is 17.7 Å². The van der Waals surface area contributed by atoms with Crippen LogP contribution in [-0.2, 0) is 6.42 Å². The first-order valence-electron chi connectivity index (χ1n) is 7.67. The van der Waals surface area contributed by atoms with Gasteiger partial charge >= 0.3 is 0 Å². The molecule has 3 rings (SSSR count). The molecule has 0 saturated heterocycles. The Balaban J connectivity index is 1.63. The molecule has 0 spiro atoms. The molecule has 0 bridgehead atoms. The lowest BCUT2D eigenvalue weighted by Crippen LogP contribution is -2.10. The van der Waals surface area contributed by atoms with E-state index in [-0.39, 0.29) is 17.6 Å². The predicted octanol–water partition coefficient (Wildman–Crippen LogP) is 3.33. The fourth-order valence-corrected chi connectivity index (χ4v) is 2.12. The lowest BCUT2D eigenvalue weighted by Gasteiger charge is -2.03. The number of aryl methyl sites for hydroxylation is 1. The summed E-state index contributed by atoms with van der Waals surface area (Å²) >= 11 is 0. The molecule has 24 heavy (non-hydrogen) atoms. The highest BCUT2D eigenvalue weighted by atomic mass is 16.5. The highest BCUT2D eigenvalue weighted by Gasteiger charge is 2.12. The number of amides is 1. The molecule has 0 atom stereocenters. The topological polar surface area (TPSA) is 94.1 Å². The predicted molar refractivity (Wildman–Crippen MR) is 86.8 cm³/mol. The number of anilines is 1. The van der Waals surface area contributed by atoms with Crippen molar-refractivity contribution in [2.45, 2.75) is 33.1 Å². The van der Waals surface area contributed by atoms with Crippen molar-refractivity contribution in [1.29, 1.82) is 0 Å². The van der Waals surface area contributed by atoms with Crippen molar-refractivity contribution < 1.29 is 13.8 Å². The van der Waals surface area contributed by atoms with Crippen LogP contribution in [0.1, 0.15) is 53.3 Å². The standard InChI is InChI=1S/C17H18N4O3/c1-10(2)16-19-15(24-21-16)9-12-4-6-13(7-5-12)18-17(22)14-8-11(3)20-23-14/h4-8,10H,9H2,1-3H3,(H,18,22). The lowest BCUT2D eigenvalue weighted by atomic mass is 10.1. The second-order valence-corrected chi connectivity index (χ2v) is 5.86. The molecule has 0 unspecified atom stereocenters. The van der Waals surface area contributed by atoms with E-state index in [1.54, 1.807) is 13.0 Å². The average Bonchev–Trinajstić information content (AvgIpc) is 3.18. The Morgan fingerprint density at radius 1 is 1.17 bits per heavy atom. The maximum atomic E-state index is 12.0. The van der Waals surface area contributed by atoms with E-state index in [4.69, 9.17) is 9.05 Å². The van der Waals surface area contributed by atoms with E-state index in [0.29, 0.717) is 29.5 Å². The first-order valence-corrected chi connectivity index (χ1v) is 7.67. The van der Waals surface area contributed by atoms with Crippen LogP contribution in [-0.4, -0.2) is 21.2 Å². The van der Waals surface area contributed by atoms with E-state index in [1.165, 1.54) is 0 Å². The van der Waals surface area contributed by atoms with Gasteiger partial charge in [-0.05, 0) is 24.6 Å². The van der Waals surface area contributed by atoms with Crippen LogP contribution in [0.2, 0.25) is 0 Å². The summed E-state index contributed by atoms with van der Waals surface area (Å²) in [4.78, 5) is 16.3. The second kappa shape index (κ2) is 6.66. The van der Waals surface area contributed by atoms with Gasteiger partial charge in [-0.25, -0.2) is 0 Å². The van der Waals surface area contributed by atoms with E-state index >= 15 is 0 Å². The number of aromatic nitrogens is 3. The van der Waals surface area contributed by atoms with Crippen molar-refractivity contribution >= 4 is 11.6 Å². The summed E-state index contributed by atoms with van der Waals surface area (Å²) in [5, 5.41) is 10.4.